The molecule has 1 aromatic rings. The van der Waals surface area contributed by atoms with Crippen LogP contribution in [0, 0.1) is 0 Å². The molecule has 0 saturated carbocycles. The first-order chi connectivity index (χ1) is 8.97. The second-order valence-corrected chi connectivity index (χ2v) is 6.84. The highest BCUT2D eigenvalue weighted by atomic mass is 15.1. The number of nitrogens with zero attached hydrogens (tertiary/aromatic N) is 1. The van der Waals surface area contributed by atoms with Crippen molar-refractivity contribution in [3.05, 3.63) is 35.4 Å². The summed E-state index contributed by atoms with van der Waals surface area (Å²) in [4.78, 5) is 2.51. The molecular weight excluding hydrogens is 232 g/mol. The number of benzene rings is 1. The minimum atomic E-state index is 0.249. The molecule has 0 amide bonds. The zero-order valence-electron chi connectivity index (χ0n) is 12.9. The normalized spacial score (nSPS) is 17.9. The molecule has 1 fully saturated rings. The highest BCUT2D eigenvalue weighted by Crippen LogP contribution is 2.23. The lowest BCUT2D eigenvalue weighted by Gasteiger charge is -2.31. The Balaban J connectivity index is 1.95. The lowest BCUT2D eigenvalue weighted by molar-refractivity contribution is 0.192. The van der Waals surface area contributed by atoms with Crippen molar-refractivity contribution in [3.63, 3.8) is 0 Å². The number of hydrogen-bond acceptors (Lipinski definition) is 2. The Morgan fingerprint density at radius 1 is 1.11 bits per heavy atom. The fourth-order valence-corrected chi connectivity index (χ4v) is 2.77. The van der Waals surface area contributed by atoms with E-state index in [1.807, 2.05) is 0 Å². The molecule has 1 aliphatic rings. The third-order valence-corrected chi connectivity index (χ3v) is 4.18. The lowest BCUT2D eigenvalue weighted by atomic mass is 9.86. The summed E-state index contributed by atoms with van der Waals surface area (Å²) in [7, 11) is 2.26. The second-order valence-electron chi connectivity index (χ2n) is 6.84. The molecule has 1 aliphatic heterocycles. The van der Waals surface area contributed by atoms with Crippen LogP contribution in [0.25, 0.3) is 0 Å². The minimum Gasteiger partial charge on any atom is -0.317 e. The van der Waals surface area contributed by atoms with Crippen LogP contribution < -0.4 is 5.32 Å². The zero-order chi connectivity index (χ0) is 13.9. The number of rotatable bonds is 3. The van der Waals surface area contributed by atoms with E-state index in [1.54, 1.807) is 0 Å². The number of piperidine rings is 1. The van der Waals surface area contributed by atoms with Crippen LogP contribution in [0.3, 0.4) is 0 Å². The summed E-state index contributed by atoms with van der Waals surface area (Å²) < 4.78 is 0. The molecule has 2 rings (SSSR count). The van der Waals surface area contributed by atoms with Crippen LogP contribution in [-0.4, -0.2) is 31.1 Å². The number of nitrogens with one attached hydrogen (secondary N) is 1. The van der Waals surface area contributed by atoms with Gasteiger partial charge in [0.1, 0.15) is 0 Å². The molecule has 1 heterocycles. The van der Waals surface area contributed by atoms with Gasteiger partial charge >= 0.3 is 0 Å². The molecule has 0 atom stereocenters. The average molecular weight is 260 g/mol. The number of hydrogen-bond donors (Lipinski definition) is 1. The maximum Gasteiger partial charge on any atom is 0.0233 e. The molecule has 1 aromatic carbocycles. The molecular formula is C17H28N2. The van der Waals surface area contributed by atoms with Gasteiger partial charge in [-0.1, -0.05) is 45.0 Å². The van der Waals surface area contributed by atoms with Gasteiger partial charge < -0.3 is 5.32 Å². The van der Waals surface area contributed by atoms with E-state index in [9.17, 15) is 0 Å². The van der Waals surface area contributed by atoms with Crippen molar-refractivity contribution in [3.8, 4) is 0 Å². The summed E-state index contributed by atoms with van der Waals surface area (Å²) in [6.45, 7) is 10.2. The fourth-order valence-electron chi connectivity index (χ4n) is 2.77. The molecule has 2 heteroatoms. The molecule has 0 spiro atoms. The first-order valence-corrected chi connectivity index (χ1v) is 7.47. The molecule has 0 aliphatic carbocycles. The summed E-state index contributed by atoms with van der Waals surface area (Å²) in [5.41, 5.74) is 3.09. The molecule has 0 bridgehead atoms. The summed E-state index contributed by atoms with van der Waals surface area (Å²) >= 11 is 0. The Morgan fingerprint density at radius 2 is 1.68 bits per heavy atom. The van der Waals surface area contributed by atoms with Gasteiger partial charge in [-0.15, -0.1) is 0 Å². The maximum atomic E-state index is 3.43. The van der Waals surface area contributed by atoms with Gasteiger partial charge in [-0.05, 0) is 49.5 Å². The summed E-state index contributed by atoms with van der Waals surface area (Å²) in [6.07, 6.45) is 2.55. The van der Waals surface area contributed by atoms with Gasteiger partial charge in [0.15, 0.2) is 0 Å². The quantitative estimate of drug-likeness (QED) is 0.898. The van der Waals surface area contributed by atoms with E-state index in [2.05, 4.69) is 62.3 Å². The molecule has 0 unspecified atom stereocenters. The predicted molar refractivity (Wildman–Crippen MR) is 82.5 cm³/mol. The van der Waals surface area contributed by atoms with Crippen LogP contribution in [0.4, 0.5) is 0 Å². The van der Waals surface area contributed by atoms with Gasteiger partial charge in [-0.2, -0.15) is 0 Å². The Hall–Kier alpha value is -0.860. The third-order valence-electron chi connectivity index (χ3n) is 4.18. The van der Waals surface area contributed by atoms with Crippen molar-refractivity contribution in [1.82, 2.24) is 10.2 Å². The summed E-state index contributed by atoms with van der Waals surface area (Å²) in [5.74, 6) is 0. The summed E-state index contributed by atoms with van der Waals surface area (Å²) in [6, 6.07) is 9.89. The minimum absolute atomic E-state index is 0.249. The van der Waals surface area contributed by atoms with Crippen molar-refractivity contribution in [1.29, 1.82) is 0 Å². The molecule has 1 N–H and O–H groups in total. The Labute approximate surface area is 118 Å². The van der Waals surface area contributed by atoms with Gasteiger partial charge in [0.05, 0.1) is 0 Å². The van der Waals surface area contributed by atoms with Gasteiger partial charge in [-0.3, -0.25) is 4.90 Å². The molecule has 106 valence electrons. The first-order valence-electron chi connectivity index (χ1n) is 7.47. The van der Waals surface area contributed by atoms with E-state index in [0.717, 1.165) is 25.7 Å². The zero-order valence-corrected chi connectivity index (χ0v) is 12.9. The standard InChI is InChI=1S/C17H28N2/c1-17(2,3)15-7-5-14(6-8-15)13-19(4)16-9-11-18-12-10-16/h5-8,16,18H,9-13H2,1-4H3. The van der Waals surface area contributed by atoms with Crippen LogP contribution in [0.15, 0.2) is 24.3 Å². The molecule has 0 aromatic heterocycles. The van der Waals surface area contributed by atoms with Gasteiger partial charge in [0.25, 0.3) is 0 Å². The van der Waals surface area contributed by atoms with Crippen LogP contribution in [0.2, 0.25) is 0 Å². The van der Waals surface area contributed by atoms with Crippen LogP contribution in [0.1, 0.15) is 44.7 Å². The van der Waals surface area contributed by atoms with Crippen LogP contribution in [-0.2, 0) is 12.0 Å². The Bertz CT molecular complexity index is 383. The van der Waals surface area contributed by atoms with E-state index < -0.39 is 0 Å². The van der Waals surface area contributed by atoms with Crippen molar-refractivity contribution in [2.45, 2.75) is 51.6 Å². The molecule has 19 heavy (non-hydrogen) atoms. The van der Waals surface area contributed by atoms with E-state index in [0.29, 0.717) is 0 Å². The van der Waals surface area contributed by atoms with Crippen molar-refractivity contribution in [2.24, 2.45) is 0 Å². The third kappa shape index (κ3) is 4.05. The Morgan fingerprint density at radius 3 is 2.21 bits per heavy atom. The van der Waals surface area contributed by atoms with Crippen molar-refractivity contribution in [2.75, 3.05) is 20.1 Å². The van der Waals surface area contributed by atoms with Crippen LogP contribution >= 0.6 is 0 Å². The maximum absolute atomic E-state index is 3.43. The van der Waals surface area contributed by atoms with Gasteiger partial charge in [0.2, 0.25) is 0 Å². The first kappa shape index (κ1) is 14.5. The SMILES string of the molecule is CN(Cc1ccc(C(C)(C)C)cc1)C1CCNCC1. The largest absolute Gasteiger partial charge is 0.317 e. The topological polar surface area (TPSA) is 15.3 Å². The molecule has 1 saturated heterocycles. The van der Waals surface area contributed by atoms with Crippen LogP contribution in [0.5, 0.6) is 0 Å². The highest BCUT2D eigenvalue weighted by Gasteiger charge is 2.18. The Kier molecular flexibility index (Phi) is 4.64. The van der Waals surface area contributed by atoms with Crippen molar-refractivity contribution >= 4 is 0 Å². The van der Waals surface area contributed by atoms with E-state index >= 15 is 0 Å². The lowest BCUT2D eigenvalue weighted by Crippen LogP contribution is -2.40. The van der Waals surface area contributed by atoms with E-state index in [4.69, 9.17) is 0 Å². The second kappa shape index (κ2) is 6.06. The van der Waals surface area contributed by atoms with Crippen molar-refractivity contribution < 1.29 is 0 Å². The smallest absolute Gasteiger partial charge is 0.0233 e. The monoisotopic (exact) mass is 260 g/mol. The van der Waals surface area contributed by atoms with Gasteiger partial charge in [-0.25, -0.2) is 0 Å². The average Bonchev–Trinajstić information content (AvgIpc) is 2.39. The van der Waals surface area contributed by atoms with Gasteiger partial charge in [0, 0.05) is 12.6 Å². The molecule has 2 nitrogen and oxygen atoms in total. The van der Waals surface area contributed by atoms with E-state index in [-0.39, 0.29) is 5.41 Å². The predicted octanol–water partition coefficient (Wildman–Crippen LogP) is 3.17. The highest BCUT2D eigenvalue weighted by molar-refractivity contribution is 5.27. The molecule has 0 radical (unpaired) electrons. The fraction of sp³-hybridized carbons (Fsp3) is 0.647. The summed E-state index contributed by atoms with van der Waals surface area (Å²) in [5, 5.41) is 3.43. The van der Waals surface area contributed by atoms with E-state index in [1.165, 1.54) is 24.0 Å².